The minimum atomic E-state index is -0.906. The van der Waals surface area contributed by atoms with E-state index in [1.54, 1.807) is 17.8 Å². The van der Waals surface area contributed by atoms with Gasteiger partial charge in [-0.2, -0.15) is 5.10 Å². The maximum atomic E-state index is 6.21. The van der Waals surface area contributed by atoms with Gasteiger partial charge in [-0.3, -0.25) is 0 Å². The van der Waals surface area contributed by atoms with Crippen molar-refractivity contribution in [1.82, 2.24) is 34.1 Å². The van der Waals surface area contributed by atoms with Crippen LogP contribution in [0.15, 0.2) is 49.2 Å². The van der Waals surface area contributed by atoms with Crippen LogP contribution in [0.3, 0.4) is 0 Å². The van der Waals surface area contributed by atoms with Gasteiger partial charge in [-0.05, 0) is 44.4 Å². The van der Waals surface area contributed by atoms with Crippen LogP contribution >= 0.6 is 0 Å². The molecule has 0 spiro atoms. The van der Waals surface area contributed by atoms with Gasteiger partial charge in [0.15, 0.2) is 5.65 Å². The molecular formula is C23H26B2N8. The summed E-state index contributed by atoms with van der Waals surface area (Å²) in [6.45, 7) is 9.86. The molecule has 0 aromatic carbocycles. The lowest BCUT2D eigenvalue weighted by atomic mass is 9.54. The minimum Gasteiger partial charge on any atom is -0.375 e. The summed E-state index contributed by atoms with van der Waals surface area (Å²) in [5.74, 6) is 0.587. The highest BCUT2D eigenvalue weighted by Crippen LogP contribution is 2.32. The van der Waals surface area contributed by atoms with E-state index in [1.165, 1.54) is 0 Å². The first-order valence-corrected chi connectivity index (χ1v) is 11.2. The second-order valence-electron chi connectivity index (χ2n) is 9.21. The molecule has 0 bridgehead atoms. The molecule has 164 valence electrons. The van der Waals surface area contributed by atoms with Crippen molar-refractivity contribution in [3.05, 3.63) is 54.9 Å². The normalized spacial score (nSPS) is 15.4. The Kier molecular flexibility index (Phi) is 5.38. The summed E-state index contributed by atoms with van der Waals surface area (Å²) < 4.78 is 3.61. The molecule has 33 heavy (non-hydrogen) atoms. The van der Waals surface area contributed by atoms with Crippen LogP contribution in [0, 0.1) is 0 Å². The molecule has 10 heteroatoms. The summed E-state index contributed by atoms with van der Waals surface area (Å²) in [6, 6.07) is 6.30. The predicted molar refractivity (Wildman–Crippen MR) is 132 cm³/mol. The third kappa shape index (κ3) is 4.47. The molecule has 1 aliphatic rings. The van der Waals surface area contributed by atoms with Crippen LogP contribution in [-0.2, 0) is 6.42 Å². The van der Waals surface area contributed by atoms with E-state index in [2.05, 4.69) is 33.8 Å². The highest BCUT2D eigenvalue weighted by atomic mass is 15.3. The Balaban J connectivity index is 1.50. The maximum Gasteiger partial charge on any atom is 0.241 e. The molecule has 8 nitrogen and oxygen atoms in total. The number of piperidine rings is 1. The van der Waals surface area contributed by atoms with Crippen molar-refractivity contribution < 1.29 is 0 Å². The smallest absolute Gasteiger partial charge is 0.241 e. The van der Waals surface area contributed by atoms with Crippen LogP contribution in [0.1, 0.15) is 32.4 Å². The molecule has 0 unspecified atom stereocenters. The van der Waals surface area contributed by atoms with Crippen molar-refractivity contribution in [2.75, 3.05) is 18.4 Å². The Morgan fingerprint density at radius 2 is 2.00 bits per heavy atom. The van der Waals surface area contributed by atoms with Crippen LogP contribution in [0.5, 0.6) is 0 Å². The predicted octanol–water partition coefficient (Wildman–Crippen LogP) is 2.86. The van der Waals surface area contributed by atoms with Gasteiger partial charge in [0.05, 0.1) is 26.9 Å². The van der Waals surface area contributed by atoms with Gasteiger partial charge in [0.25, 0.3) is 0 Å². The minimum absolute atomic E-state index is 0.304. The van der Waals surface area contributed by atoms with Gasteiger partial charge < -0.3 is 10.2 Å². The van der Waals surface area contributed by atoms with Crippen molar-refractivity contribution >= 4 is 32.8 Å². The average Bonchev–Trinajstić information content (AvgIpc) is 3.39. The number of hydrogen-bond donors (Lipinski definition) is 1. The average molecular weight is 436 g/mol. The van der Waals surface area contributed by atoms with Crippen molar-refractivity contribution in [2.45, 2.75) is 44.4 Å². The standard InChI is InChI=1S/C23H26B2N8/c1-15(2)31-9-6-17(7-10-31)28-22-29-19(12-23(3,24)25)21-18(8-11-32(21)30-22)16-4-5-20-26-14-27-33(20)13-16/h4-5,8,11,13-14,17H,1,6-7,9-10,12H2,2-3H3,(H,28,30). The number of anilines is 1. The SMILES string of the molecule is [B]C([B])(C)Cc1nc(NC2CCN(C(=C)C)CC2)nn2ccc(-c3ccc4ncnn4c3)c12. The topological polar surface area (TPSA) is 75.7 Å². The first-order chi connectivity index (χ1) is 15.8. The van der Waals surface area contributed by atoms with Crippen molar-refractivity contribution in [3.63, 3.8) is 0 Å². The van der Waals surface area contributed by atoms with Gasteiger partial charge in [-0.15, -0.1) is 5.10 Å². The Bertz CT molecular complexity index is 1310. The van der Waals surface area contributed by atoms with Crippen molar-refractivity contribution in [1.29, 1.82) is 0 Å². The number of rotatable bonds is 6. The van der Waals surface area contributed by atoms with E-state index < -0.39 is 5.21 Å². The van der Waals surface area contributed by atoms with E-state index in [9.17, 15) is 0 Å². The van der Waals surface area contributed by atoms with E-state index in [-0.39, 0.29) is 0 Å². The van der Waals surface area contributed by atoms with Crippen molar-refractivity contribution in [3.8, 4) is 11.1 Å². The van der Waals surface area contributed by atoms with Crippen LogP contribution in [-0.4, -0.2) is 68.9 Å². The molecule has 0 saturated carbocycles. The molecule has 5 rings (SSSR count). The number of hydrogen-bond acceptors (Lipinski definition) is 6. The van der Waals surface area contributed by atoms with Crippen molar-refractivity contribution in [2.24, 2.45) is 0 Å². The van der Waals surface area contributed by atoms with E-state index >= 15 is 0 Å². The molecule has 0 aliphatic carbocycles. The summed E-state index contributed by atoms with van der Waals surface area (Å²) >= 11 is 0. The highest BCUT2D eigenvalue weighted by molar-refractivity contribution is 6.39. The molecule has 4 aromatic rings. The number of aromatic nitrogens is 6. The summed E-state index contributed by atoms with van der Waals surface area (Å²) in [6.07, 6.45) is 7.85. The molecule has 1 aliphatic heterocycles. The fourth-order valence-corrected chi connectivity index (χ4v) is 4.44. The number of allylic oxidation sites excluding steroid dienone is 1. The fraction of sp³-hybridized carbons (Fsp3) is 0.391. The van der Waals surface area contributed by atoms with Crippen LogP contribution in [0.4, 0.5) is 5.95 Å². The lowest BCUT2D eigenvalue weighted by Gasteiger charge is -2.34. The van der Waals surface area contributed by atoms with Gasteiger partial charge in [-0.25, -0.2) is 19.0 Å². The van der Waals surface area contributed by atoms with E-state index in [0.717, 1.165) is 59.6 Å². The van der Waals surface area contributed by atoms with Gasteiger partial charge in [0.2, 0.25) is 5.95 Å². The zero-order chi connectivity index (χ0) is 23.2. The first-order valence-electron chi connectivity index (χ1n) is 11.2. The summed E-state index contributed by atoms with van der Waals surface area (Å²) in [7, 11) is 12.4. The highest BCUT2D eigenvalue weighted by Gasteiger charge is 2.23. The van der Waals surface area contributed by atoms with E-state index in [4.69, 9.17) is 25.8 Å². The molecule has 1 saturated heterocycles. The Labute approximate surface area is 195 Å². The number of nitrogens with zero attached hydrogens (tertiary/aromatic N) is 7. The molecule has 1 N–H and O–H groups in total. The summed E-state index contributed by atoms with van der Waals surface area (Å²) in [5.41, 5.74) is 5.58. The van der Waals surface area contributed by atoms with E-state index in [1.807, 2.05) is 35.1 Å². The number of nitrogens with one attached hydrogen (secondary N) is 1. The van der Waals surface area contributed by atoms with Crippen LogP contribution in [0.2, 0.25) is 5.21 Å². The third-order valence-electron chi connectivity index (χ3n) is 6.08. The fourth-order valence-electron chi connectivity index (χ4n) is 4.44. The number of likely N-dealkylation sites (tertiary alicyclic amines) is 1. The number of pyridine rings is 1. The van der Waals surface area contributed by atoms with Gasteiger partial charge in [0, 0.05) is 48.3 Å². The number of fused-ring (bicyclic) bond motifs is 2. The molecule has 4 aromatic heterocycles. The Hall–Kier alpha value is -3.29. The van der Waals surface area contributed by atoms with Gasteiger partial charge in [0.1, 0.15) is 6.33 Å². The monoisotopic (exact) mass is 436 g/mol. The lowest BCUT2D eigenvalue weighted by molar-refractivity contribution is 0.273. The molecule has 0 amide bonds. The first kappa shape index (κ1) is 21.6. The summed E-state index contributed by atoms with van der Waals surface area (Å²) in [5, 5.41) is 11.6. The van der Waals surface area contributed by atoms with E-state index in [0.29, 0.717) is 18.4 Å². The second-order valence-corrected chi connectivity index (χ2v) is 9.21. The van der Waals surface area contributed by atoms with Crippen LogP contribution in [0.25, 0.3) is 22.3 Å². The molecule has 4 radical (unpaired) electrons. The molecular weight excluding hydrogens is 410 g/mol. The zero-order valence-corrected chi connectivity index (χ0v) is 19.1. The van der Waals surface area contributed by atoms with Gasteiger partial charge >= 0.3 is 0 Å². The third-order valence-corrected chi connectivity index (χ3v) is 6.08. The maximum absolute atomic E-state index is 6.21. The zero-order valence-electron chi connectivity index (χ0n) is 19.1. The molecule has 0 atom stereocenters. The largest absolute Gasteiger partial charge is 0.375 e. The lowest BCUT2D eigenvalue weighted by Crippen LogP contribution is -2.38. The Morgan fingerprint density at radius 3 is 2.73 bits per heavy atom. The summed E-state index contributed by atoms with van der Waals surface area (Å²) in [4.78, 5) is 11.4. The Morgan fingerprint density at radius 1 is 1.21 bits per heavy atom. The second kappa shape index (κ2) is 8.24. The quantitative estimate of drug-likeness (QED) is 0.469. The van der Waals surface area contributed by atoms with Gasteiger partial charge in [-0.1, -0.05) is 18.7 Å². The molecule has 5 heterocycles. The van der Waals surface area contributed by atoms with Crippen LogP contribution < -0.4 is 5.32 Å². The molecule has 1 fully saturated rings.